The molecule has 0 spiro atoms. The summed E-state index contributed by atoms with van der Waals surface area (Å²) in [4.78, 5) is 34.8. The van der Waals surface area contributed by atoms with Crippen LogP contribution < -0.4 is 5.32 Å². The quantitative estimate of drug-likeness (QED) is 0.689. The number of carboxylic acid groups (broad SMARTS) is 1. The number of fused-ring (bicyclic) bond motifs is 1. The number of rotatable bonds is 3. The van der Waals surface area contributed by atoms with Crippen LogP contribution in [-0.4, -0.2) is 47.0 Å². The van der Waals surface area contributed by atoms with Crippen molar-refractivity contribution in [1.29, 1.82) is 0 Å². The molecular weight excluding hydrogens is 248 g/mol. The van der Waals surface area contributed by atoms with Crippen molar-refractivity contribution in [2.75, 3.05) is 13.7 Å². The topological polar surface area (TPSA) is 95.9 Å². The summed E-state index contributed by atoms with van der Waals surface area (Å²) < 4.78 is 4.79. The number of hydrogen-bond acceptors (Lipinski definition) is 5. The van der Waals surface area contributed by atoms with Gasteiger partial charge in [0.2, 0.25) is 5.91 Å². The lowest BCUT2D eigenvalue weighted by atomic mass is 10.1. The fraction of sp³-hybridized carbons (Fsp3) is 0.444. The van der Waals surface area contributed by atoms with Crippen molar-refractivity contribution in [2.45, 2.75) is 11.8 Å². The first-order chi connectivity index (χ1) is 8.04. The molecule has 0 saturated carbocycles. The first-order valence-corrected chi connectivity index (χ1v) is 5.72. The van der Waals surface area contributed by atoms with Crippen LogP contribution in [0, 0.1) is 0 Å². The fourth-order valence-electron chi connectivity index (χ4n) is 1.63. The normalized spacial score (nSPS) is 22.1. The van der Waals surface area contributed by atoms with E-state index in [4.69, 9.17) is 9.84 Å². The number of amides is 2. The van der Waals surface area contributed by atoms with Crippen LogP contribution in [0.4, 0.5) is 4.79 Å². The van der Waals surface area contributed by atoms with E-state index in [1.165, 1.54) is 23.7 Å². The van der Waals surface area contributed by atoms with Crippen molar-refractivity contribution in [1.82, 2.24) is 10.2 Å². The number of nitrogens with zero attached hydrogens (tertiary/aromatic N) is 1. The van der Waals surface area contributed by atoms with Gasteiger partial charge in [-0.25, -0.2) is 9.59 Å². The van der Waals surface area contributed by atoms with Crippen molar-refractivity contribution >= 4 is 29.7 Å². The Morgan fingerprint density at radius 2 is 2.35 bits per heavy atom. The minimum absolute atomic E-state index is 0.0693. The molecule has 92 valence electrons. The Morgan fingerprint density at radius 1 is 1.65 bits per heavy atom. The Morgan fingerprint density at radius 3 is 2.88 bits per heavy atom. The van der Waals surface area contributed by atoms with Crippen LogP contribution in [-0.2, 0) is 14.3 Å². The molecule has 0 radical (unpaired) electrons. The Bertz CT molecular complexity index is 433. The molecule has 2 N–H and O–H groups in total. The van der Waals surface area contributed by atoms with E-state index in [0.717, 1.165) is 0 Å². The van der Waals surface area contributed by atoms with E-state index in [2.05, 4.69) is 5.32 Å². The Labute approximate surface area is 101 Å². The number of hydrogen-bond donors (Lipinski definition) is 2. The Hall–Kier alpha value is -1.70. The smallest absolute Gasteiger partial charge is 0.407 e. The number of nitrogens with one attached hydrogen (secondary N) is 1. The number of carbonyl (C=O) groups excluding carboxylic acids is 2. The average molecular weight is 258 g/mol. The van der Waals surface area contributed by atoms with Gasteiger partial charge in [0.1, 0.15) is 12.3 Å². The second-order valence-electron chi connectivity index (χ2n) is 3.44. The van der Waals surface area contributed by atoms with E-state index in [-0.39, 0.29) is 23.6 Å². The van der Waals surface area contributed by atoms with Crippen LogP contribution in [0.2, 0.25) is 0 Å². The molecule has 2 aliphatic rings. The monoisotopic (exact) mass is 258 g/mol. The zero-order valence-electron chi connectivity index (χ0n) is 8.93. The standard InChI is InChI=1S/C9H10N2O5S/c1-10-9(15)16-3-4-7(8(13)14)11-5(12)2-6(11)17-4/h6H,2-3H2,1H3,(H,10,15)(H,13,14)/t6-/m0/s1. The van der Waals surface area contributed by atoms with Gasteiger partial charge < -0.3 is 15.2 Å². The number of carbonyl (C=O) groups is 3. The number of ether oxygens (including phenoxy) is 1. The van der Waals surface area contributed by atoms with Gasteiger partial charge >= 0.3 is 12.1 Å². The van der Waals surface area contributed by atoms with E-state index >= 15 is 0 Å². The molecule has 1 saturated heterocycles. The SMILES string of the molecule is CNC(=O)OCC1=C(C(=O)O)N2C(=O)C[C@@H]2S1. The largest absolute Gasteiger partial charge is 0.477 e. The predicted molar refractivity (Wildman–Crippen MR) is 57.9 cm³/mol. The molecule has 2 aliphatic heterocycles. The third-order valence-electron chi connectivity index (χ3n) is 2.43. The highest BCUT2D eigenvalue weighted by atomic mass is 32.2. The summed E-state index contributed by atoms with van der Waals surface area (Å²) >= 11 is 1.25. The van der Waals surface area contributed by atoms with Gasteiger partial charge in [0.15, 0.2) is 0 Å². The third-order valence-corrected chi connectivity index (χ3v) is 3.68. The van der Waals surface area contributed by atoms with Crippen molar-refractivity contribution in [3.63, 3.8) is 0 Å². The lowest BCUT2D eigenvalue weighted by Gasteiger charge is -2.33. The van der Waals surface area contributed by atoms with Crippen molar-refractivity contribution < 1.29 is 24.2 Å². The second kappa shape index (κ2) is 4.28. The summed E-state index contributed by atoms with van der Waals surface area (Å²) in [5.74, 6) is -1.39. The van der Waals surface area contributed by atoms with Gasteiger partial charge in [0.05, 0.1) is 16.7 Å². The average Bonchev–Trinajstić information content (AvgIpc) is 2.58. The van der Waals surface area contributed by atoms with Crippen LogP contribution in [0.5, 0.6) is 0 Å². The first kappa shape index (κ1) is 11.8. The molecule has 7 nitrogen and oxygen atoms in total. The molecule has 17 heavy (non-hydrogen) atoms. The highest BCUT2D eigenvalue weighted by molar-refractivity contribution is 8.04. The van der Waals surface area contributed by atoms with Gasteiger partial charge in [-0.15, -0.1) is 0 Å². The summed E-state index contributed by atoms with van der Waals surface area (Å²) in [7, 11) is 1.41. The summed E-state index contributed by atoms with van der Waals surface area (Å²) in [5.41, 5.74) is -0.0693. The molecule has 0 aliphatic carbocycles. The van der Waals surface area contributed by atoms with E-state index in [0.29, 0.717) is 11.3 Å². The van der Waals surface area contributed by atoms with Gasteiger partial charge in [-0.1, -0.05) is 11.8 Å². The Balaban J connectivity index is 2.12. The highest BCUT2D eigenvalue weighted by Gasteiger charge is 2.48. The molecule has 0 bridgehead atoms. The second-order valence-corrected chi connectivity index (χ2v) is 4.72. The summed E-state index contributed by atoms with van der Waals surface area (Å²) in [6.45, 7) is -0.133. The zero-order chi connectivity index (χ0) is 12.6. The zero-order valence-corrected chi connectivity index (χ0v) is 9.74. The molecule has 2 rings (SSSR count). The summed E-state index contributed by atoms with van der Waals surface area (Å²) in [5, 5.41) is 11.1. The molecule has 8 heteroatoms. The Kier molecular flexibility index (Phi) is 2.97. The maximum absolute atomic E-state index is 11.3. The maximum Gasteiger partial charge on any atom is 0.407 e. The molecule has 0 aromatic carbocycles. The minimum atomic E-state index is -1.18. The number of alkyl carbamates (subject to hydrolysis) is 1. The van der Waals surface area contributed by atoms with Gasteiger partial charge in [0, 0.05) is 7.05 Å². The summed E-state index contributed by atoms with van der Waals surface area (Å²) in [6.07, 6.45) is -0.311. The number of carboxylic acids is 1. The van der Waals surface area contributed by atoms with E-state index in [9.17, 15) is 14.4 Å². The van der Waals surface area contributed by atoms with E-state index in [1.54, 1.807) is 0 Å². The van der Waals surface area contributed by atoms with Crippen LogP contribution in [0.1, 0.15) is 6.42 Å². The van der Waals surface area contributed by atoms with E-state index in [1.807, 2.05) is 0 Å². The molecule has 0 aromatic heterocycles. The lowest BCUT2D eigenvalue weighted by molar-refractivity contribution is -0.145. The van der Waals surface area contributed by atoms with Crippen molar-refractivity contribution in [3.8, 4) is 0 Å². The molecule has 2 amide bonds. The molecular formula is C9H10N2O5S. The number of β-lactam (4-membered cyclic amide) rings is 1. The molecule has 1 atom stereocenters. The minimum Gasteiger partial charge on any atom is -0.477 e. The third kappa shape index (κ3) is 1.95. The number of aliphatic carboxylic acids is 1. The van der Waals surface area contributed by atoms with Gasteiger partial charge in [-0.05, 0) is 0 Å². The highest BCUT2D eigenvalue weighted by Crippen LogP contribution is 2.45. The van der Waals surface area contributed by atoms with Crippen molar-refractivity contribution in [3.05, 3.63) is 10.6 Å². The van der Waals surface area contributed by atoms with Gasteiger partial charge in [-0.3, -0.25) is 9.69 Å². The van der Waals surface area contributed by atoms with Crippen LogP contribution in [0.3, 0.4) is 0 Å². The van der Waals surface area contributed by atoms with Crippen LogP contribution >= 0.6 is 11.8 Å². The molecule has 0 unspecified atom stereocenters. The summed E-state index contributed by atoms with van der Waals surface area (Å²) in [6, 6.07) is 0. The predicted octanol–water partition coefficient (Wildman–Crippen LogP) is -0.0562. The lowest BCUT2D eigenvalue weighted by Crippen LogP contribution is -2.48. The molecule has 2 heterocycles. The molecule has 0 aromatic rings. The van der Waals surface area contributed by atoms with Crippen LogP contribution in [0.25, 0.3) is 0 Å². The molecule has 1 fully saturated rings. The van der Waals surface area contributed by atoms with Gasteiger partial charge in [-0.2, -0.15) is 0 Å². The first-order valence-electron chi connectivity index (χ1n) is 4.84. The van der Waals surface area contributed by atoms with Gasteiger partial charge in [0.25, 0.3) is 0 Å². The fourth-order valence-corrected chi connectivity index (χ4v) is 2.94. The van der Waals surface area contributed by atoms with Crippen LogP contribution in [0.15, 0.2) is 10.6 Å². The van der Waals surface area contributed by atoms with Crippen molar-refractivity contribution in [2.24, 2.45) is 0 Å². The number of thioether (sulfide) groups is 1. The maximum atomic E-state index is 11.3. The van der Waals surface area contributed by atoms with E-state index < -0.39 is 12.1 Å².